The van der Waals surface area contributed by atoms with E-state index in [2.05, 4.69) is 17.3 Å². The van der Waals surface area contributed by atoms with Crippen molar-refractivity contribution in [2.75, 3.05) is 5.43 Å². The van der Waals surface area contributed by atoms with Gasteiger partial charge in [-0.3, -0.25) is 0 Å². The molecule has 9 heavy (non-hydrogen) atoms. The number of pyridine rings is 1. The van der Waals surface area contributed by atoms with Crippen LogP contribution in [0.5, 0.6) is 0 Å². The van der Waals surface area contributed by atoms with Gasteiger partial charge in [-0.2, -0.15) is 0 Å². The van der Waals surface area contributed by atoms with Crippen LogP contribution in [-0.2, 0) is 0 Å². The molecule has 3 N–H and O–H groups in total. The minimum atomic E-state index is 0.655. The molecule has 0 spiro atoms. The zero-order valence-electron chi connectivity index (χ0n) is 4.96. The zero-order valence-corrected chi connectivity index (χ0v) is 4.96. The molecule has 1 heterocycles. The maximum Gasteiger partial charge on any atom is 0.139 e. The molecule has 0 bridgehead atoms. The molecule has 0 saturated heterocycles. The van der Waals surface area contributed by atoms with Gasteiger partial charge in [-0.25, -0.2) is 10.8 Å². The Morgan fingerprint density at radius 3 is 2.78 bits per heavy atom. The standard InChI is InChI=1S/C6H8N3/c1-5-2-3-6(9-7)8-4-5/h2-4H,1,7H2,(H,8,9). The first-order valence-corrected chi connectivity index (χ1v) is 2.57. The number of nitrogens with zero attached hydrogens (tertiary/aromatic N) is 1. The zero-order chi connectivity index (χ0) is 6.69. The average molecular weight is 122 g/mol. The third-order valence-corrected chi connectivity index (χ3v) is 0.973. The Balaban J connectivity index is 2.88. The second kappa shape index (κ2) is 2.46. The van der Waals surface area contributed by atoms with Gasteiger partial charge in [-0.1, -0.05) is 6.07 Å². The molecule has 1 aromatic rings. The van der Waals surface area contributed by atoms with Gasteiger partial charge in [0, 0.05) is 6.20 Å². The Morgan fingerprint density at radius 1 is 1.56 bits per heavy atom. The highest BCUT2D eigenvalue weighted by atomic mass is 15.2. The number of nitrogens with one attached hydrogen (secondary N) is 1. The van der Waals surface area contributed by atoms with Crippen LogP contribution in [-0.4, -0.2) is 4.98 Å². The molecule has 0 aromatic carbocycles. The van der Waals surface area contributed by atoms with E-state index >= 15 is 0 Å². The molecule has 0 saturated carbocycles. The van der Waals surface area contributed by atoms with Crippen molar-refractivity contribution in [2.45, 2.75) is 0 Å². The van der Waals surface area contributed by atoms with Crippen LogP contribution in [0.2, 0.25) is 0 Å². The highest BCUT2D eigenvalue weighted by molar-refractivity contribution is 5.34. The molecule has 0 unspecified atom stereocenters. The number of anilines is 1. The van der Waals surface area contributed by atoms with Crippen LogP contribution in [0, 0.1) is 6.92 Å². The molecule has 0 aliphatic rings. The summed E-state index contributed by atoms with van der Waals surface area (Å²) in [4.78, 5) is 3.90. The normalized spacial score (nSPS) is 9.11. The third-order valence-electron chi connectivity index (χ3n) is 0.973. The molecule has 0 amide bonds. The molecule has 0 fully saturated rings. The number of nitrogen functional groups attached to an aromatic ring is 1. The molecule has 0 aliphatic heterocycles. The Labute approximate surface area is 53.9 Å². The van der Waals surface area contributed by atoms with Crippen LogP contribution in [0.4, 0.5) is 5.82 Å². The lowest BCUT2D eigenvalue weighted by atomic mass is 10.3. The number of hydrazine groups is 1. The van der Waals surface area contributed by atoms with E-state index in [1.807, 2.05) is 6.07 Å². The van der Waals surface area contributed by atoms with Gasteiger partial charge in [0.15, 0.2) is 0 Å². The lowest BCUT2D eigenvalue weighted by Crippen LogP contribution is -2.07. The van der Waals surface area contributed by atoms with E-state index < -0.39 is 0 Å². The summed E-state index contributed by atoms with van der Waals surface area (Å²) in [5, 5.41) is 0. The van der Waals surface area contributed by atoms with Crippen molar-refractivity contribution in [1.82, 2.24) is 4.98 Å². The van der Waals surface area contributed by atoms with Crippen molar-refractivity contribution < 1.29 is 0 Å². The molecule has 1 aromatic heterocycles. The fourth-order valence-corrected chi connectivity index (χ4v) is 0.510. The summed E-state index contributed by atoms with van der Waals surface area (Å²) in [6.07, 6.45) is 1.65. The maximum atomic E-state index is 5.07. The van der Waals surface area contributed by atoms with Crippen molar-refractivity contribution in [3.05, 3.63) is 30.8 Å². The van der Waals surface area contributed by atoms with E-state index in [1.165, 1.54) is 0 Å². The predicted octanol–water partition coefficient (Wildman–Crippen LogP) is 0.549. The number of hydrogen-bond acceptors (Lipinski definition) is 3. The molecule has 1 radical (unpaired) electrons. The number of hydrogen-bond donors (Lipinski definition) is 2. The van der Waals surface area contributed by atoms with Crippen molar-refractivity contribution >= 4 is 5.82 Å². The van der Waals surface area contributed by atoms with Gasteiger partial charge in [-0.15, -0.1) is 0 Å². The largest absolute Gasteiger partial charge is 0.308 e. The second-order valence-electron chi connectivity index (χ2n) is 1.70. The Kier molecular flexibility index (Phi) is 1.65. The van der Waals surface area contributed by atoms with Crippen molar-refractivity contribution in [3.63, 3.8) is 0 Å². The topological polar surface area (TPSA) is 50.9 Å². The first-order valence-electron chi connectivity index (χ1n) is 2.57. The molecular weight excluding hydrogens is 114 g/mol. The summed E-state index contributed by atoms with van der Waals surface area (Å²) in [5.41, 5.74) is 3.30. The molecular formula is C6H8N3. The number of nitrogens with two attached hydrogens (primary N) is 1. The Hall–Kier alpha value is -1.09. The first kappa shape index (κ1) is 6.04. The summed E-state index contributed by atoms with van der Waals surface area (Å²) >= 11 is 0. The summed E-state index contributed by atoms with van der Waals surface area (Å²) < 4.78 is 0. The fourth-order valence-electron chi connectivity index (χ4n) is 0.510. The summed E-state index contributed by atoms with van der Waals surface area (Å²) in [5.74, 6) is 5.72. The lowest BCUT2D eigenvalue weighted by Gasteiger charge is -1.96. The second-order valence-corrected chi connectivity index (χ2v) is 1.70. The molecule has 3 nitrogen and oxygen atoms in total. The minimum absolute atomic E-state index is 0.655. The van der Waals surface area contributed by atoms with Crippen LogP contribution >= 0.6 is 0 Å². The molecule has 0 aliphatic carbocycles. The monoisotopic (exact) mass is 122 g/mol. The van der Waals surface area contributed by atoms with Crippen molar-refractivity contribution in [1.29, 1.82) is 0 Å². The maximum absolute atomic E-state index is 5.07. The predicted molar refractivity (Wildman–Crippen MR) is 36.5 cm³/mol. The minimum Gasteiger partial charge on any atom is -0.308 e. The van der Waals surface area contributed by atoms with Crippen LogP contribution in [0.25, 0.3) is 0 Å². The Morgan fingerprint density at radius 2 is 2.33 bits per heavy atom. The fraction of sp³-hybridized carbons (Fsp3) is 0. The summed E-state index contributed by atoms with van der Waals surface area (Å²) in [6.45, 7) is 3.66. The average Bonchev–Trinajstić information content (AvgIpc) is 1.90. The van der Waals surface area contributed by atoms with Crippen LogP contribution < -0.4 is 11.3 Å². The van der Waals surface area contributed by atoms with Gasteiger partial charge in [0.2, 0.25) is 0 Å². The van der Waals surface area contributed by atoms with Crippen LogP contribution in [0.15, 0.2) is 18.3 Å². The van der Waals surface area contributed by atoms with Gasteiger partial charge in [0.05, 0.1) is 0 Å². The van der Waals surface area contributed by atoms with E-state index in [-0.39, 0.29) is 0 Å². The number of aromatic nitrogens is 1. The molecule has 3 heteroatoms. The van der Waals surface area contributed by atoms with E-state index in [0.29, 0.717) is 5.82 Å². The van der Waals surface area contributed by atoms with Gasteiger partial charge in [0.25, 0.3) is 0 Å². The van der Waals surface area contributed by atoms with Gasteiger partial charge >= 0.3 is 0 Å². The van der Waals surface area contributed by atoms with E-state index in [0.717, 1.165) is 5.56 Å². The highest BCUT2D eigenvalue weighted by Crippen LogP contribution is 2.00. The SMILES string of the molecule is [CH2]c1ccc(NN)nc1. The van der Waals surface area contributed by atoms with E-state index in [4.69, 9.17) is 5.84 Å². The van der Waals surface area contributed by atoms with Crippen LogP contribution in [0.3, 0.4) is 0 Å². The lowest BCUT2D eigenvalue weighted by molar-refractivity contribution is 1.22. The first-order chi connectivity index (χ1) is 4.33. The van der Waals surface area contributed by atoms with Gasteiger partial charge < -0.3 is 5.43 Å². The summed E-state index contributed by atoms with van der Waals surface area (Å²) in [6, 6.07) is 3.60. The third kappa shape index (κ3) is 1.40. The quantitative estimate of drug-likeness (QED) is 0.422. The van der Waals surface area contributed by atoms with Crippen molar-refractivity contribution in [3.8, 4) is 0 Å². The van der Waals surface area contributed by atoms with E-state index in [9.17, 15) is 0 Å². The molecule has 1 rings (SSSR count). The van der Waals surface area contributed by atoms with Crippen molar-refractivity contribution in [2.24, 2.45) is 5.84 Å². The van der Waals surface area contributed by atoms with Crippen LogP contribution in [0.1, 0.15) is 5.56 Å². The Bertz CT molecular complexity index is 180. The van der Waals surface area contributed by atoms with E-state index in [1.54, 1.807) is 12.3 Å². The molecule has 0 atom stereocenters. The smallest absolute Gasteiger partial charge is 0.139 e. The number of rotatable bonds is 1. The van der Waals surface area contributed by atoms with Gasteiger partial charge in [-0.05, 0) is 18.6 Å². The molecule has 47 valence electrons. The highest BCUT2D eigenvalue weighted by Gasteiger charge is 1.85. The van der Waals surface area contributed by atoms with Gasteiger partial charge in [0.1, 0.15) is 5.82 Å². The summed E-state index contributed by atoms with van der Waals surface area (Å²) in [7, 11) is 0.